The van der Waals surface area contributed by atoms with Crippen LogP contribution in [0.15, 0.2) is 21.9 Å². The standard InChI is InChI=1S/C9H15N2O14P3/c12-6-3-5(23-8(6)11-2-1-7(13)10-9(11)14)4-22-27(18,19)25-28(20,21)24-26(15,16)17/h1-2,5-6,8,12H,3-4H2,(H,18,19)(H,20,21)(H,10,13,14)(H2,15,16,17). The predicted octanol–water partition coefficient (Wildman–Crippen LogP) is -1.47. The third-order valence-electron chi connectivity index (χ3n) is 3.13. The third kappa shape index (κ3) is 6.81. The second kappa shape index (κ2) is 8.40. The average molecular weight is 468 g/mol. The molecule has 1 saturated heterocycles. The fraction of sp³-hybridized carbons (Fsp3) is 0.556. The van der Waals surface area contributed by atoms with Crippen LogP contribution in [0.4, 0.5) is 0 Å². The maximum atomic E-state index is 11.7. The topological polar surface area (TPSA) is 244 Å². The van der Waals surface area contributed by atoms with E-state index in [0.29, 0.717) is 0 Å². The molecule has 1 fully saturated rings. The molecule has 19 heteroatoms. The Balaban J connectivity index is 1.98. The molecule has 2 rings (SSSR count). The van der Waals surface area contributed by atoms with Crippen LogP contribution in [-0.4, -0.2) is 53.0 Å². The van der Waals surface area contributed by atoms with E-state index in [1.807, 2.05) is 4.98 Å². The van der Waals surface area contributed by atoms with E-state index in [-0.39, 0.29) is 6.42 Å². The highest BCUT2D eigenvalue weighted by Crippen LogP contribution is 2.66. The summed E-state index contributed by atoms with van der Waals surface area (Å²) < 4.78 is 51.0. The zero-order valence-electron chi connectivity index (χ0n) is 13.5. The molecule has 160 valence electrons. The summed E-state index contributed by atoms with van der Waals surface area (Å²) in [7, 11) is -16.5. The average Bonchev–Trinajstić information content (AvgIpc) is 2.82. The van der Waals surface area contributed by atoms with Gasteiger partial charge in [0.15, 0.2) is 6.23 Å². The molecule has 0 aliphatic carbocycles. The van der Waals surface area contributed by atoms with Gasteiger partial charge in [-0.15, -0.1) is 0 Å². The number of rotatable bonds is 8. The number of aliphatic hydroxyl groups is 1. The van der Waals surface area contributed by atoms with Gasteiger partial charge >= 0.3 is 29.2 Å². The van der Waals surface area contributed by atoms with E-state index in [0.717, 1.165) is 16.8 Å². The molecule has 0 amide bonds. The van der Waals surface area contributed by atoms with E-state index in [4.69, 9.17) is 19.4 Å². The first-order chi connectivity index (χ1) is 12.7. The number of ether oxygens (including phenoxy) is 1. The minimum atomic E-state index is -5.65. The first-order valence-corrected chi connectivity index (χ1v) is 11.6. The summed E-state index contributed by atoms with van der Waals surface area (Å²) in [5.41, 5.74) is -1.57. The lowest BCUT2D eigenvalue weighted by Gasteiger charge is -2.19. The Morgan fingerprint density at radius 2 is 1.79 bits per heavy atom. The van der Waals surface area contributed by atoms with E-state index >= 15 is 0 Å². The van der Waals surface area contributed by atoms with Crippen LogP contribution in [0.5, 0.6) is 0 Å². The molecule has 16 nitrogen and oxygen atoms in total. The second-order valence-electron chi connectivity index (χ2n) is 5.36. The van der Waals surface area contributed by atoms with Crippen LogP contribution in [0, 0.1) is 0 Å². The molecular formula is C9H15N2O14P3. The summed E-state index contributed by atoms with van der Waals surface area (Å²) in [6.07, 6.45) is -2.79. The molecule has 1 aliphatic heterocycles. The molecular weight excluding hydrogens is 453 g/mol. The van der Waals surface area contributed by atoms with Crippen LogP contribution in [0.2, 0.25) is 0 Å². The van der Waals surface area contributed by atoms with Crippen molar-refractivity contribution in [2.24, 2.45) is 0 Å². The number of phosphoric ester groups is 1. The summed E-state index contributed by atoms with van der Waals surface area (Å²) in [6.45, 7) is -0.782. The van der Waals surface area contributed by atoms with Gasteiger partial charge in [0.05, 0.1) is 12.7 Å². The Morgan fingerprint density at radius 1 is 1.14 bits per heavy atom. The predicted molar refractivity (Wildman–Crippen MR) is 85.7 cm³/mol. The lowest BCUT2D eigenvalue weighted by Crippen LogP contribution is -2.34. The smallest absolute Gasteiger partial charge is 0.388 e. The molecule has 28 heavy (non-hydrogen) atoms. The van der Waals surface area contributed by atoms with Crippen LogP contribution in [0.3, 0.4) is 0 Å². The fourth-order valence-electron chi connectivity index (χ4n) is 2.20. The molecule has 5 atom stereocenters. The number of phosphoric acid groups is 3. The lowest BCUT2D eigenvalue weighted by atomic mass is 10.2. The van der Waals surface area contributed by atoms with Crippen molar-refractivity contribution in [3.63, 3.8) is 0 Å². The number of H-pyrrole nitrogens is 1. The molecule has 0 spiro atoms. The van der Waals surface area contributed by atoms with Gasteiger partial charge in [-0.05, 0) is 0 Å². The van der Waals surface area contributed by atoms with Gasteiger partial charge in [-0.2, -0.15) is 8.62 Å². The highest BCUT2D eigenvalue weighted by molar-refractivity contribution is 7.66. The van der Waals surface area contributed by atoms with Gasteiger partial charge in [0.25, 0.3) is 5.56 Å². The van der Waals surface area contributed by atoms with Crippen LogP contribution < -0.4 is 11.2 Å². The molecule has 1 aromatic heterocycles. The number of hydrogen-bond acceptors (Lipinski definition) is 10. The van der Waals surface area contributed by atoms with Gasteiger partial charge in [-0.25, -0.2) is 18.5 Å². The normalized spacial score (nSPS) is 27.2. The van der Waals surface area contributed by atoms with Crippen molar-refractivity contribution in [2.75, 3.05) is 6.61 Å². The molecule has 0 bridgehead atoms. The minimum Gasteiger partial charge on any atom is -0.388 e. The van der Waals surface area contributed by atoms with Crippen molar-refractivity contribution >= 4 is 23.5 Å². The summed E-state index contributed by atoms with van der Waals surface area (Å²) >= 11 is 0. The van der Waals surface area contributed by atoms with E-state index < -0.39 is 59.8 Å². The highest BCUT2D eigenvalue weighted by Gasteiger charge is 2.42. The van der Waals surface area contributed by atoms with Crippen molar-refractivity contribution in [3.05, 3.63) is 33.1 Å². The summed E-state index contributed by atoms with van der Waals surface area (Å²) in [5, 5.41) is 9.96. The van der Waals surface area contributed by atoms with Gasteiger partial charge in [0.1, 0.15) is 6.10 Å². The van der Waals surface area contributed by atoms with Crippen molar-refractivity contribution in [1.82, 2.24) is 9.55 Å². The van der Waals surface area contributed by atoms with Crippen LogP contribution in [-0.2, 0) is 31.6 Å². The maximum Gasteiger partial charge on any atom is 0.490 e. The zero-order chi connectivity index (χ0) is 21.3. The van der Waals surface area contributed by atoms with Crippen molar-refractivity contribution < 1.29 is 56.3 Å². The first kappa shape index (κ1) is 23.3. The van der Waals surface area contributed by atoms with Crippen LogP contribution in [0.1, 0.15) is 12.6 Å². The zero-order valence-corrected chi connectivity index (χ0v) is 16.2. The third-order valence-corrected chi connectivity index (χ3v) is 6.93. The maximum absolute atomic E-state index is 11.7. The summed E-state index contributed by atoms with van der Waals surface area (Å²) in [4.78, 5) is 59.9. The van der Waals surface area contributed by atoms with Crippen LogP contribution >= 0.6 is 23.5 Å². The SMILES string of the molecule is O=c1ccn(C2OC(COP(=O)(O)OP(=O)(O)OP(=O)(O)O)CC2O)c(=O)[nH]1. The van der Waals surface area contributed by atoms with Gasteiger partial charge in [-0.1, -0.05) is 0 Å². The molecule has 6 N–H and O–H groups in total. The number of nitrogens with zero attached hydrogens (tertiary/aromatic N) is 1. The Kier molecular flexibility index (Phi) is 6.99. The molecule has 0 radical (unpaired) electrons. The van der Waals surface area contributed by atoms with Gasteiger partial charge in [0.2, 0.25) is 0 Å². The quantitative estimate of drug-likeness (QED) is 0.239. The monoisotopic (exact) mass is 468 g/mol. The van der Waals surface area contributed by atoms with Gasteiger partial charge < -0.3 is 29.4 Å². The number of aliphatic hydroxyl groups excluding tert-OH is 1. The molecule has 0 saturated carbocycles. The first-order valence-electron chi connectivity index (χ1n) is 7.11. The van der Waals surface area contributed by atoms with Crippen molar-refractivity contribution in [3.8, 4) is 0 Å². The number of aromatic amines is 1. The highest BCUT2D eigenvalue weighted by atomic mass is 31.3. The molecule has 5 unspecified atom stereocenters. The Hall–Kier alpha value is -0.990. The Labute approximate surface area is 154 Å². The molecule has 1 aliphatic rings. The molecule has 2 heterocycles. The lowest BCUT2D eigenvalue weighted by molar-refractivity contribution is -0.0524. The summed E-state index contributed by atoms with van der Waals surface area (Å²) in [6, 6.07) is 0.997. The van der Waals surface area contributed by atoms with E-state index in [1.165, 1.54) is 0 Å². The van der Waals surface area contributed by atoms with E-state index in [2.05, 4.69) is 13.1 Å². The van der Waals surface area contributed by atoms with Crippen molar-refractivity contribution in [2.45, 2.75) is 24.9 Å². The van der Waals surface area contributed by atoms with Gasteiger partial charge in [-0.3, -0.25) is 18.9 Å². The molecule has 1 aromatic rings. The second-order valence-corrected chi connectivity index (χ2v) is 9.78. The largest absolute Gasteiger partial charge is 0.490 e. The van der Waals surface area contributed by atoms with Gasteiger partial charge in [0, 0.05) is 18.7 Å². The van der Waals surface area contributed by atoms with Crippen molar-refractivity contribution in [1.29, 1.82) is 0 Å². The Bertz CT molecular complexity index is 965. The van der Waals surface area contributed by atoms with E-state index in [1.54, 1.807) is 0 Å². The number of hydrogen-bond donors (Lipinski definition) is 6. The summed E-state index contributed by atoms with van der Waals surface area (Å²) in [5.74, 6) is 0. The fourth-order valence-corrected chi connectivity index (χ4v) is 5.24. The Morgan fingerprint density at radius 3 is 2.36 bits per heavy atom. The number of aromatic nitrogens is 2. The minimum absolute atomic E-state index is 0.202. The van der Waals surface area contributed by atoms with Crippen LogP contribution in [0.25, 0.3) is 0 Å². The molecule has 0 aromatic carbocycles. The number of nitrogens with one attached hydrogen (secondary N) is 1. The van der Waals surface area contributed by atoms with E-state index in [9.17, 15) is 33.3 Å².